The van der Waals surface area contributed by atoms with Gasteiger partial charge in [0.1, 0.15) is 11.4 Å². The number of carbonyl (C=O) groups is 2. The smallest absolute Gasteiger partial charge is 0.407 e. The summed E-state index contributed by atoms with van der Waals surface area (Å²) in [6, 6.07) is 11.5. The van der Waals surface area contributed by atoms with Gasteiger partial charge in [-0.3, -0.25) is 9.59 Å². The van der Waals surface area contributed by atoms with Crippen LogP contribution in [0.2, 0.25) is 0 Å². The minimum Gasteiger partial charge on any atom is -0.444 e. The van der Waals surface area contributed by atoms with Gasteiger partial charge in [0.25, 0.3) is 11.5 Å². The van der Waals surface area contributed by atoms with Crippen LogP contribution in [0.15, 0.2) is 47.3 Å². The lowest BCUT2D eigenvalue weighted by Gasteiger charge is -2.23. The molecule has 2 N–H and O–H groups in total. The van der Waals surface area contributed by atoms with E-state index < -0.39 is 23.4 Å². The number of ether oxygens (including phenoxy) is 1. The monoisotopic (exact) mass is 468 g/mol. The number of rotatable bonds is 7. The maximum Gasteiger partial charge on any atom is 0.407 e. The molecule has 3 rings (SSSR count). The van der Waals surface area contributed by atoms with Crippen molar-refractivity contribution in [1.82, 2.24) is 20.4 Å². The van der Waals surface area contributed by atoms with Crippen LogP contribution in [0.5, 0.6) is 0 Å². The molecule has 180 valence electrons. The maximum atomic E-state index is 14.6. The van der Waals surface area contributed by atoms with E-state index in [2.05, 4.69) is 15.5 Å². The number of nitrogens with zero attached hydrogens (tertiary/aromatic N) is 2. The summed E-state index contributed by atoms with van der Waals surface area (Å²) in [5, 5.41) is 10.5. The highest BCUT2D eigenvalue weighted by Gasteiger charge is 2.20. The second-order valence-corrected chi connectivity index (χ2v) is 8.85. The molecule has 0 fully saturated rings. The summed E-state index contributed by atoms with van der Waals surface area (Å²) in [4.78, 5) is 38.3. The Kier molecular flexibility index (Phi) is 7.65. The molecule has 3 aromatic rings. The number of fused-ring (bicyclic) bond motifs is 1. The van der Waals surface area contributed by atoms with Gasteiger partial charge in [-0.1, -0.05) is 24.3 Å². The minimum absolute atomic E-state index is 0.0645. The van der Waals surface area contributed by atoms with E-state index >= 15 is 0 Å². The van der Waals surface area contributed by atoms with Crippen LogP contribution in [0.4, 0.5) is 9.18 Å². The van der Waals surface area contributed by atoms with Crippen LogP contribution in [0.3, 0.4) is 0 Å². The number of carbonyl (C=O) groups excluding carboxylic acids is 2. The van der Waals surface area contributed by atoms with Crippen molar-refractivity contribution in [3.8, 4) is 0 Å². The van der Waals surface area contributed by atoms with Crippen molar-refractivity contribution >= 4 is 22.8 Å². The number of hydrogen-bond acceptors (Lipinski definition) is 5. The molecule has 0 saturated carbocycles. The van der Waals surface area contributed by atoms with Gasteiger partial charge in [-0.05, 0) is 51.5 Å². The molecule has 8 nitrogen and oxygen atoms in total. The number of H-pyrrole nitrogens is 1. The average Bonchev–Trinajstić information content (AvgIpc) is 2.78. The molecule has 0 aliphatic rings. The first-order valence-electron chi connectivity index (χ1n) is 11.1. The Morgan fingerprint density at radius 3 is 2.53 bits per heavy atom. The zero-order chi connectivity index (χ0) is 24.9. The quantitative estimate of drug-likeness (QED) is 0.551. The molecule has 34 heavy (non-hydrogen) atoms. The number of likely N-dealkylation sites (N-methyl/N-ethyl adjacent to an activating group) is 1. The summed E-state index contributed by atoms with van der Waals surface area (Å²) in [7, 11) is 0. The molecular weight excluding hydrogens is 439 g/mol. The molecule has 0 radical (unpaired) electrons. The number of alkyl carbamates (subject to hydrolysis) is 1. The number of benzene rings is 2. The summed E-state index contributed by atoms with van der Waals surface area (Å²) < 4.78 is 19.8. The van der Waals surface area contributed by atoms with Crippen LogP contribution in [0, 0.1) is 5.82 Å². The van der Waals surface area contributed by atoms with Crippen molar-refractivity contribution in [3.63, 3.8) is 0 Å². The summed E-state index contributed by atoms with van der Waals surface area (Å²) in [5.74, 6) is -1.11. The number of halogens is 1. The standard InChI is InChI=1S/C25H29FN4O4/c1-5-30(13-12-27-24(33)34-25(2,3)4)23(32)19-14-16(10-11-20(19)26)15-21-17-8-6-7-9-18(17)22(31)29-28-21/h6-11,14H,5,12-13,15H2,1-4H3,(H,27,33)(H,29,31). The molecule has 1 aromatic heterocycles. The highest BCUT2D eigenvalue weighted by molar-refractivity contribution is 5.94. The Morgan fingerprint density at radius 2 is 1.85 bits per heavy atom. The topological polar surface area (TPSA) is 104 Å². The molecule has 0 spiro atoms. The molecule has 0 bridgehead atoms. The van der Waals surface area contributed by atoms with Gasteiger partial charge in [0, 0.05) is 31.4 Å². The number of hydrogen-bond donors (Lipinski definition) is 2. The summed E-state index contributed by atoms with van der Waals surface area (Å²) in [6.07, 6.45) is -0.269. The first kappa shape index (κ1) is 24.9. The molecule has 1 heterocycles. The number of amides is 2. The van der Waals surface area contributed by atoms with Crippen LogP contribution in [-0.4, -0.2) is 52.3 Å². The van der Waals surface area contributed by atoms with Crippen LogP contribution >= 0.6 is 0 Å². The molecule has 0 atom stereocenters. The predicted molar refractivity (Wildman–Crippen MR) is 127 cm³/mol. The maximum absolute atomic E-state index is 14.6. The first-order chi connectivity index (χ1) is 16.1. The van der Waals surface area contributed by atoms with Crippen molar-refractivity contribution < 1.29 is 18.7 Å². The Balaban J connectivity index is 1.75. The van der Waals surface area contributed by atoms with E-state index in [1.165, 1.54) is 17.0 Å². The van der Waals surface area contributed by atoms with Gasteiger partial charge in [-0.25, -0.2) is 14.3 Å². The second-order valence-electron chi connectivity index (χ2n) is 8.85. The van der Waals surface area contributed by atoms with Crippen LogP contribution < -0.4 is 10.9 Å². The summed E-state index contributed by atoms with van der Waals surface area (Å²) in [6.45, 7) is 7.77. The van der Waals surface area contributed by atoms with E-state index in [0.717, 1.165) is 0 Å². The van der Waals surface area contributed by atoms with Gasteiger partial charge in [0.05, 0.1) is 16.6 Å². The largest absolute Gasteiger partial charge is 0.444 e. The molecule has 0 saturated heterocycles. The predicted octanol–water partition coefficient (Wildman–Crippen LogP) is 3.64. The highest BCUT2D eigenvalue weighted by atomic mass is 19.1. The number of nitrogens with one attached hydrogen (secondary N) is 2. The third-order valence-electron chi connectivity index (χ3n) is 5.13. The SMILES string of the molecule is CCN(CCNC(=O)OC(C)(C)C)C(=O)c1cc(Cc2n[nH]c(=O)c3ccccc23)ccc1F. The first-order valence-corrected chi connectivity index (χ1v) is 11.1. The second kappa shape index (κ2) is 10.5. The van der Waals surface area contributed by atoms with E-state index in [0.29, 0.717) is 35.0 Å². The van der Waals surface area contributed by atoms with Gasteiger partial charge >= 0.3 is 6.09 Å². The fourth-order valence-corrected chi connectivity index (χ4v) is 3.53. The molecule has 2 aromatic carbocycles. The zero-order valence-corrected chi connectivity index (χ0v) is 19.8. The van der Waals surface area contributed by atoms with Crippen LogP contribution in [-0.2, 0) is 11.2 Å². The van der Waals surface area contributed by atoms with Gasteiger partial charge in [0.2, 0.25) is 0 Å². The van der Waals surface area contributed by atoms with Crippen molar-refractivity contribution in [3.05, 3.63) is 75.5 Å². The summed E-state index contributed by atoms with van der Waals surface area (Å²) >= 11 is 0. The highest BCUT2D eigenvalue weighted by Crippen LogP contribution is 2.19. The normalized spacial score (nSPS) is 11.3. The number of aromatic nitrogens is 2. The van der Waals surface area contributed by atoms with Crippen molar-refractivity contribution in [1.29, 1.82) is 0 Å². The van der Waals surface area contributed by atoms with Gasteiger partial charge in [-0.2, -0.15) is 5.10 Å². The lowest BCUT2D eigenvalue weighted by Crippen LogP contribution is -2.40. The molecule has 0 aliphatic heterocycles. The molecule has 0 unspecified atom stereocenters. The zero-order valence-electron chi connectivity index (χ0n) is 19.8. The van der Waals surface area contributed by atoms with E-state index in [1.54, 1.807) is 52.0 Å². The average molecular weight is 469 g/mol. The molecule has 2 amide bonds. The summed E-state index contributed by atoms with van der Waals surface area (Å²) in [5.41, 5.74) is 0.324. The van der Waals surface area contributed by atoms with Crippen molar-refractivity contribution in [2.24, 2.45) is 0 Å². The van der Waals surface area contributed by atoms with E-state index in [1.807, 2.05) is 6.07 Å². The van der Waals surface area contributed by atoms with Crippen LogP contribution in [0.1, 0.15) is 49.3 Å². The van der Waals surface area contributed by atoms with Crippen molar-refractivity contribution in [2.75, 3.05) is 19.6 Å². The van der Waals surface area contributed by atoms with E-state index in [9.17, 15) is 18.8 Å². The van der Waals surface area contributed by atoms with E-state index in [-0.39, 0.29) is 24.2 Å². The Hall–Kier alpha value is -3.75. The third-order valence-corrected chi connectivity index (χ3v) is 5.13. The third kappa shape index (κ3) is 6.18. The molecule has 0 aliphatic carbocycles. The Bertz CT molecular complexity index is 1250. The van der Waals surface area contributed by atoms with Crippen molar-refractivity contribution in [2.45, 2.75) is 39.7 Å². The Morgan fingerprint density at radius 1 is 1.15 bits per heavy atom. The fourth-order valence-electron chi connectivity index (χ4n) is 3.53. The van der Waals surface area contributed by atoms with E-state index in [4.69, 9.17) is 4.74 Å². The van der Waals surface area contributed by atoms with Gasteiger partial charge < -0.3 is 15.0 Å². The van der Waals surface area contributed by atoms with Crippen LogP contribution in [0.25, 0.3) is 10.8 Å². The minimum atomic E-state index is -0.633. The molecule has 9 heteroatoms. The fraction of sp³-hybridized carbons (Fsp3) is 0.360. The molecular formula is C25H29FN4O4. The van der Waals surface area contributed by atoms with Gasteiger partial charge in [0.15, 0.2) is 0 Å². The van der Waals surface area contributed by atoms with Gasteiger partial charge in [-0.15, -0.1) is 0 Å². The lowest BCUT2D eigenvalue weighted by molar-refractivity contribution is 0.0514. The number of aromatic amines is 1. The Labute approximate surface area is 197 Å². The lowest BCUT2D eigenvalue weighted by atomic mass is 10.0.